The Kier molecular flexibility index (Phi) is 3.53. The van der Waals surface area contributed by atoms with Gasteiger partial charge in [-0.05, 0) is 12.1 Å². The van der Waals surface area contributed by atoms with Crippen molar-refractivity contribution in [2.24, 2.45) is 0 Å². The number of nitro benzene ring substituents is 1. The van der Waals surface area contributed by atoms with Crippen LogP contribution in [0, 0.1) is 10.1 Å². The molecule has 0 spiro atoms. The van der Waals surface area contributed by atoms with Crippen molar-refractivity contribution in [1.82, 2.24) is 0 Å². The predicted octanol–water partition coefficient (Wildman–Crippen LogP) is 3.80. The highest BCUT2D eigenvalue weighted by Crippen LogP contribution is 2.32. The third-order valence-electron chi connectivity index (χ3n) is 1.43. The van der Waals surface area contributed by atoms with E-state index in [4.69, 9.17) is 23.2 Å². The van der Waals surface area contributed by atoms with Crippen LogP contribution in [0.25, 0.3) is 0 Å². The number of alkyl halides is 1. The Bertz CT molecular complexity index is 357. The molecular formula is C7H4BrCl2NO2. The minimum atomic E-state index is -0.519. The molecule has 0 unspecified atom stereocenters. The summed E-state index contributed by atoms with van der Waals surface area (Å²) in [5, 5.41) is 11.4. The first-order chi connectivity index (χ1) is 6.06. The summed E-state index contributed by atoms with van der Waals surface area (Å²) in [5.41, 5.74) is 0.380. The van der Waals surface area contributed by atoms with Gasteiger partial charge in [0.15, 0.2) is 0 Å². The van der Waals surface area contributed by atoms with Crippen molar-refractivity contribution in [2.75, 3.05) is 0 Å². The van der Waals surface area contributed by atoms with Crippen LogP contribution in [0.4, 0.5) is 5.69 Å². The molecule has 0 saturated heterocycles. The molecule has 1 rings (SSSR count). The minimum absolute atomic E-state index is 0.0620. The van der Waals surface area contributed by atoms with Crippen LogP contribution in [0.1, 0.15) is 5.56 Å². The molecule has 1 aromatic rings. The van der Waals surface area contributed by atoms with Crippen molar-refractivity contribution >= 4 is 44.8 Å². The van der Waals surface area contributed by atoms with Gasteiger partial charge in [-0.15, -0.1) is 0 Å². The van der Waals surface area contributed by atoms with Gasteiger partial charge < -0.3 is 0 Å². The van der Waals surface area contributed by atoms with Crippen LogP contribution in [0.3, 0.4) is 0 Å². The van der Waals surface area contributed by atoms with E-state index in [0.717, 1.165) is 0 Å². The summed E-state index contributed by atoms with van der Waals surface area (Å²) >= 11 is 14.5. The maximum absolute atomic E-state index is 10.6. The number of halogens is 3. The van der Waals surface area contributed by atoms with Gasteiger partial charge in [0.25, 0.3) is 5.69 Å². The summed E-state index contributed by atoms with van der Waals surface area (Å²) in [6, 6.07) is 2.87. The molecule has 0 bridgehead atoms. The number of nitrogens with zero attached hydrogens (tertiary/aromatic N) is 1. The summed E-state index contributed by atoms with van der Waals surface area (Å²) in [6.07, 6.45) is 0. The molecule has 0 aliphatic rings. The minimum Gasteiger partial charge on any atom is -0.258 e. The van der Waals surface area contributed by atoms with Crippen molar-refractivity contribution in [3.05, 3.63) is 37.9 Å². The average Bonchev–Trinajstić information content (AvgIpc) is 2.01. The number of nitro groups is 1. The quantitative estimate of drug-likeness (QED) is 0.471. The molecular weight excluding hydrogens is 281 g/mol. The normalized spacial score (nSPS) is 10.1. The molecule has 0 aliphatic carbocycles. The Balaban J connectivity index is 3.38. The maximum Gasteiger partial charge on any atom is 0.291 e. The Morgan fingerprint density at radius 3 is 2.54 bits per heavy atom. The molecule has 13 heavy (non-hydrogen) atoms. The van der Waals surface area contributed by atoms with E-state index in [1.165, 1.54) is 12.1 Å². The van der Waals surface area contributed by atoms with E-state index in [1.54, 1.807) is 0 Å². The molecule has 3 nitrogen and oxygen atoms in total. The van der Waals surface area contributed by atoms with Gasteiger partial charge in [-0.2, -0.15) is 0 Å². The van der Waals surface area contributed by atoms with Gasteiger partial charge in [-0.3, -0.25) is 10.1 Å². The van der Waals surface area contributed by atoms with Gasteiger partial charge >= 0.3 is 0 Å². The number of rotatable bonds is 2. The Hall–Kier alpha value is -0.320. The molecule has 0 saturated carbocycles. The average molecular weight is 285 g/mol. The first-order valence-electron chi connectivity index (χ1n) is 3.24. The van der Waals surface area contributed by atoms with Crippen molar-refractivity contribution < 1.29 is 4.92 Å². The zero-order valence-electron chi connectivity index (χ0n) is 6.26. The van der Waals surface area contributed by atoms with Crippen molar-refractivity contribution in [3.8, 4) is 0 Å². The van der Waals surface area contributed by atoms with E-state index < -0.39 is 4.92 Å². The fourth-order valence-corrected chi connectivity index (χ4v) is 1.96. The van der Waals surface area contributed by atoms with Crippen LogP contribution < -0.4 is 0 Å². The highest BCUT2D eigenvalue weighted by molar-refractivity contribution is 9.08. The fraction of sp³-hybridized carbons (Fsp3) is 0.143. The Labute approximate surface area is 92.9 Å². The van der Waals surface area contributed by atoms with E-state index >= 15 is 0 Å². The summed E-state index contributed by atoms with van der Waals surface area (Å²) < 4.78 is 0. The lowest BCUT2D eigenvalue weighted by Gasteiger charge is -2.01. The summed E-state index contributed by atoms with van der Waals surface area (Å²) in [6.45, 7) is 0. The Morgan fingerprint density at radius 1 is 1.46 bits per heavy atom. The second-order valence-corrected chi connectivity index (χ2v) is 3.69. The number of hydrogen-bond donors (Lipinski definition) is 0. The highest BCUT2D eigenvalue weighted by atomic mass is 79.9. The van der Waals surface area contributed by atoms with Crippen LogP contribution in [0.2, 0.25) is 10.0 Å². The third kappa shape index (κ3) is 2.33. The van der Waals surface area contributed by atoms with Gasteiger partial charge in [0.2, 0.25) is 0 Å². The summed E-state index contributed by atoms with van der Waals surface area (Å²) in [4.78, 5) is 10.1. The lowest BCUT2D eigenvalue weighted by Crippen LogP contribution is -1.94. The maximum atomic E-state index is 10.6. The fourth-order valence-electron chi connectivity index (χ4n) is 0.926. The van der Waals surface area contributed by atoms with E-state index in [1.807, 2.05) is 0 Å². The standard InChI is InChI=1S/C7H4BrCl2NO2/c8-3-4-1-5(9)2-6(10)7(4)11(12)13/h1-2H,3H2. The van der Waals surface area contributed by atoms with E-state index in [-0.39, 0.29) is 10.7 Å². The third-order valence-corrected chi connectivity index (χ3v) is 2.54. The molecule has 0 N–H and O–H groups in total. The molecule has 0 heterocycles. The highest BCUT2D eigenvalue weighted by Gasteiger charge is 2.18. The molecule has 0 aromatic heterocycles. The van der Waals surface area contributed by atoms with Crippen LogP contribution in [0.15, 0.2) is 12.1 Å². The van der Waals surface area contributed by atoms with Crippen LogP contribution in [-0.2, 0) is 5.33 Å². The summed E-state index contributed by atoms with van der Waals surface area (Å²) in [5.74, 6) is 0. The smallest absolute Gasteiger partial charge is 0.258 e. The second kappa shape index (κ2) is 4.26. The van der Waals surface area contributed by atoms with Crippen LogP contribution >= 0.6 is 39.1 Å². The molecule has 70 valence electrons. The predicted molar refractivity (Wildman–Crippen MR) is 55.7 cm³/mol. The number of hydrogen-bond acceptors (Lipinski definition) is 2. The number of benzene rings is 1. The zero-order valence-corrected chi connectivity index (χ0v) is 9.36. The van der Waals surface area contributed by atoms with Crippen LogP contribution in [0.5, 0.6) is 0 Å². The second-order valence-electron chi connectivity index (χ2n) is 2.29. The molecule has 0 amide bonds. The van der Waals surface area contributed by atoms with Gasteiger partial charge in [-0.25, -0.2) is 0 Å². The van der Waals surface area contributed by atoms with Gasteiger partial charge in [0, 0.05) is 15.9 Å². The molecule has 6 heteroatoms. The SMILES string of the molecule is O=[N+]([O-])c1c(Cl)cc(Cl)cc1CBr. The van der Waals surface area contributed by atoms with Crippen molar-refractivity contribution in [3.63, 3.8) is 0 Å². The van der Waals surface area contributed by atoms with Gasteiger partial charge in [0.05, 0.1) is 4.92 Å². The first kappa shape index (κ1) is 10.8. The topological polar surface area (TPSA) is 43.1 Å². The summed E-state index contributed by atoms with van der Waals surface area (Å²) in [7, 11) is 0. The first-order valence-corrected chi connectivity index (χ1v) is 5.12. The van der Waals surface area contributed by atoms with E-state index in [2.05, 4.69) is 15.9 Å². The van der Waals surface area contributed by atoms with Crippen molar-refractivity contribution in [2.45, 2.75) is 5.33 Å². The van der Waals surface area contributed by atoms with E-state index in [0.29, 0.717) is 15.9 Å². The monoisotopic (exact) mass is 283 g/mol. The molecule has 0 radical (unpaired) electrons. The van der Waals surface area contributed by atoms with E-state index in [9.17, 15) is 10.1 Å². The van der Waals surface area contributed by atoms with Gasteiger partial charge in [-0.1, -0.05) is 39.1 Å². The zero-order chi connectivity index (χ0) is 10.0. The van der Waals surface area contributed by atoms with Gasteiger partial charge in [0.1, 0.15) is 5.02 Å². The molecule has 1 aromatic carbocycles. The largest absolute Gasteiger partial charge is 0.291 e. The molecule has 0 fully saturated rings. The molecule has 0 aliphatic heterocycles. The Morgan fingerprint density at radius 2 is 2.08 bits per heavy atom. The lowest BCUT2D eigenvalue weighted by molar-refractivity contribution is -0.385. The lowest BCUT2D eigenvalue weighted by atomic mass is 10.2. The molecule has 0 atom stereocenters. The van der Waals surface area contributed by atoms with Crippen LogP contribution in [-0.4, -0.2) is 4.92 Å². The van der Waals surface area contributed by atoms with Crippen molar-refractivity contribution in [1.29, 1.82) is 0 Å².